The van der Waals surface area contributed by atoms with E-state index in [2.05, 4.69) is 74.8 Å². The molecule has 6 saturated carbocycles. The third-order valence-corrected chi connectivity index (χ3v) is 22.9. The van der Waals surface area contributed by atoms with Crippen LogP contribution in [-0.4, -0.2) is 132 Å². The lowest BCUT2D eigenvalue weighted by molar-refractivity contribution is -0.376. The molecule has 4 spiro atoms. The van der Waals surface area contributed by atoms with Crippen LogP contribution in [0.15, 0.2) is 47.6 Å². The lowest BCUT2D eigenvalue weighted by atomic mass is 9.14. The second-order valence-corrected chi connectivity index (χ2v) is 24.8. The average Bonchev–Trinajstić information content (AvgIpc) is 3.27. The minimum absolute atomic E-state index is 0.0148. The Morgan fingerprint density at radius 2 is 1.72 bits per heavy atom. The van der Waals surface area contributed by atoms with Crippen molar-refractivity contribution in [3.05, 3.63) is 47.6 Å². The van der Waals surface area contributed by atoms with Crippen molar-refractivity contribution in [1.29, 1.82) is 0 Å². The number of carboxylic acids is 2. The zero-order valence-corrected chi connectivity index (χ0v) is 40.8. The Hall–Kier alpha value is -2.79. The third-order valence-electron chi connectivity index (χ3n) is 22.9. The highest BCUT2D eigenvalue weighted by Gasteiger charge is 2.91. The summed E-state index contributed by atoms with van der Waals surface area (Å²) in [6, 6.07) is 0. The Bertz CT molecular complexity index is 2260. The number of fused-ring (bicyclic) bond motifs is 1. The van der Waals surface area contributed by atoms with Crippen LogP contribution < -0.4 is 10.6 Å². The molecule has 11 aliphatic rings. The number of carbonyl (C=O) groups excluding carboxylic acids is 1. The number of carboxylic acid groups (broad SMARTS) is 2. The molecule has 14 nitrogen and oxygen atoms in total. The minimum Gasteiger partial charge on any atom is -0.481 e. The molecule has 0 aromatic rings. The first-order valence-corrected chi connectivity index (χ1v) is 25.9. The number of likely N-dealkylation sites (N-methyl/N-ethyl adjacent to an activating group) is 1. The van der Waals surface area contributed by atoms with Gasteiger partial charge in [0, 0.05) is 48.8 Å². The molecule has 0 aromatic carbocycles. The van der Waals surface area contributed by atoms with Crippen LogP contribution in [0.5, 0.6) is 0 Å². The average molecular weight is 945 g/mol. The molecule has 1 aliphatic heterocycles. The van der Waals surface area contributed by atoms with Crippen LogP contribution in [0.3, 0.4) is 0 Å². The number of aliphatic carboxylic acids is 2. The van der Waals surface area contributed by atoms with E-state index in [0.29, 0.717) is 38.6 Å². The van der Waals surface area contributed by atoms with Crippen LogP contribution in [0, 0.1) is 84.2 Å². The van der Waals surface area contributed by atoms with Gasteiger partial charge in [0.05, 0.1) is 29.6 Å². The summed E-state index contributed by atoms with van der Waals surface area (Å²) in [6.07, 6.45) is 12.7. The van der Waals surface area contributed by atoms with Gasteiger partial charge in [0.1, 0.15) is 24.6 Å². The van der Waals surface area contributed by atoms with Gasteiger partial charge in [-0.1, -0.05) is 76.1 Å². The Labute approximate surface area is 400 Å². The molecule has 1 heterocycles. The van der Waals surface area contributed by atoms with Crippen molar-refractivity contribution in [2.24, 2.45) is 84.2 Å². The van der Waals surface area contributed by atoms with E-state index >= 15 is 0 Å². The molecule has 11 rings (SSSR count). The molecule has 14 heteroatoms. The van der Waals surface area contributed by atoms with Gasteiger partial charge in [-0.05, 0) is 128 Å². The number of aliphatic hydroxyl groups is 4. The first kappa shape index (κ1) is 47.5. The zero-order valence-electron chi connectivity index (χ0n) is 40.8. The summed E-state index contributed by atoms with van der Waals surface area (Å²) in [5.41, 5.74) is -3.81. The molecule has 374 valence electrons. The lowest BCUT2D eigenvalue weighted by Gasteiger charge is -2.89. The van der Waals surface area contributed by atoms with E-state index in [-0.39, 0.29) is 42.1 Å². The fourth-order valence-corrected chi connectivity index (χ4v) is 21.1. The molecule has 21 atom stereocenters. The summed E-state index contributed by atoms with van der Waals surface area (Å²) in [7, 11) is 3.60. The van der Waals surface area contributed by atoms with Gasteiger partial charge in [0.2, 0.25) is 0 Å². The molecule has 7 fully saturated rings. The van der Waals surface area contributed by atoms with E-state index in [1.165, 1.54) is 5.57 Å². The Balaban J connectivity index is 1.18. The number of hydrogen-bond acceptors (Lipinski definition) is 12. The summed E-state index contributed by atoms with van der Waals surface area (Å²) < 4.78 is 18.8. The van der Waals surface area contributed by atoms with E-state index in [0.717, 1.165) is 63.5 Å². The molecule has 68 heavy (non-hydrogen) atoms. The summed E-state index contributed by atoms with van der Waals surface area (Å²) in [4.78, 5) is 40.5. The van der Waals surface area contributed by atoms with Crippen LogP contribution >= 0.6 is 0 Å². The predicted molar refractivity (Wildman–Crippen MR) is 248 cm³/mol. The first-order chi connectivity index (χ1) is 32.3. The van der Waals surface area contributed by atoms with Crippen molar-refractivity contribution in [3.63, 3.8) is 0 Å². The number of carbonyl (C=O) groups is 3. The number of methoxy groups -OCH3 is 1. The monoisotopic (exact) mass is 945 g/mol. The van der Waals surface area contributed by atoms with Gasteiger partial charge < -0.3 is 60.3 Å². The van der Waals surface area contributed by atoms with Crippen molar-refractivity contribution in [2.75, 3.05) is 40.4 Å². The van der Waals surface area contributed by atoms with E-state index in [4.69, 9.17) is 14.2 Å². The summed E-state index contributed by atoms with van der Waals surface area (Å²) in [5.74, 6) is -2.95. The van der Waals surface area contributed by atoms with E-state index in [1.807, 2.05) is 7.05 Å². The van der Waals surface area contributed by atoms with Crippen LogP contribution in [0.25, 0.3) is 0 Å². The largest absolute Gasteiger partial charge is 0.481 e. The highest BCUT2D eigenvalue weighted by molar-refractivity contribution is 5.81. The summed E-state index contributed by atoms with van der Waals surface area (Å²) in [6.45, 7) is 11.7. The molecule has 8 N–H and O–H groups in total. The molecule has 21 unspecified atom stereocenters. The standard InChI is InChI=1S/C54H76N2O12/c1-46(2)35-11-17-50-14-7-9-31-25-52(45(64)65)34(28-66-6)24-47(3)13-8-15-51(52,44(47)63)36-23-32-22-33(27-56-19-18-55-5)49(26-37(46)67-43-40(60)38(58)39(59)41(68-43)42(61)62)16-10-30(54(32,50)48(35,49)4)21-29(12-20-57)53(31,36)50/h8,10,15-16,20-21,23,29,31-35,37-41,43-44,55-56,58-60,63H,7,9,11-14,17-19,22,24-28H2,1-6H3,(H,61,62)(H,64,65). The second-order valence-electron chi connectivity index (χ2n) is 24.8. The van der Waals surface area contributed by atoms with Gasteiger partial charge in [-0.15, -0.1) is 0 Å². The second kappa shape index (κ2) is 15.4. The Morgan fingerprint density at radius 1 is 0.941 bits per heavy atom. The topological polar surface area (TPSA) is 224 Å². The Morgan fingerprint density at radius 3 is 2.43 bits per heavy atom. The smallest absolute Gasteiger partial charge is 0.335 e. The van der Waals surface area contributed by atoms with Crippen LogP contribution in [0.1, 0.15) is 98.3 Å². The Kier molecular flexibility index (Phi) is 10.7. The maximum atomic E-state index is 14.8. The number of allylic oxidation sites excluding steroid dienone is 6. The summed E-state index contributed by atoms with van der Waals surface area (Å²) >= 11 is 0. The number of aldehydes is 1. The number of aliphatic hydroxyl groups excluding tert-OH is 4. The molecular formula is C54H76N2O12. The lowest BCUT2D eigenvalue weighted by Crippen LogP contribution is -2.86. The number of nitrogens with one attached hydrogen (secondary N) is 2. The fraction of sp³-hybridized carbons (Fsp3) is 0.796. The highest BCUT2D eigenvalue weighted by atomic mass is 16.7. The molecular weight excluding hydrogens is 869 g/mol. The molecule has 0 radical (unpaired) electrons. The van der Waals surface area contributed by atoms with Gasteiger partial charge in [-0.25, -0.2) is 4.79 Å². The van der Waals surface area contributed by atoms with Gasteiger partial charge >= 0.3 is 11.9 Å². The van der Waals surface area contributed by atoms with Crippen molar-refractivity contribution in [2.45, 2.75) is 141 Å². The normalized spacial score (nSPS) is 53.8. The van der Waals surface area contributed by atoms with E-state index in [9.17, 15) is 45.0 Å². The van der Waals surface area contributed by atoms with Gasteiger partial charge in [-0.3, -0.25) is 4.79 Å². The molecule has 0 amide bonds. The van der Waals surface area contributed by atoms with Crippen molar-refractivity contribution in [3.8, 4) is 0 Å². The van der Waals surface area contributed by atoms with Crippen LogP contribution in [-0.2, 0) is 28.6 Å². The van der Waals surface area contributed by atoms with Crippen molar-refractivity contribution >= 4 is 18.2 Å². The summed E-state index contributed by atoms with van der Waals surface area (Å²) in [5, 5.41) is 75.8. The molecule has 1 saturated heterocycles. The van der Waals surface area contributed by atoms with Crippen LogP contribution in [0.4, 0.5) is 0 Å². The van der Waals surface area contributed by atoms with Crippen LogP contribution in [0.2, 0.25) is 0 Å². The predicted octanol–water partition coefficient (Wildman–Crippen LogP) is 4.41. The fourth-order valence-electron chi connectivity index (χ4n) is 21.1. The number of rotatable bonds is 13. The van der Waals surface area contributed by atoms with Crippen molar-refractivity contribution in [1.82, 2.24) is 10.6 Å². The number of hydrogen-bond donors (Lipinski definition) is 8. The SMILES string of the molecule is CNCCNCC1CC2C=C3C45C=CCC(C)(CC(COC)C4(C(=O)O)CC4CCCC67CCC8C(C)(C)C(OC9OC(C(=O)O)C(O)C(O)C9O)CC19C=CC(=CC(CC=O)C346)C27C89C)C5O. The van der Waals surface area contributed by atoms with Crippen molar-refractivity contribution < 1.29 is 59.2 Å². The molecule has 10 aliphatic carbocycles. The molecule has 0 aromatic heterocycles. The minimum atomic E-state index is -1.84. The molecule has 5 bridgehead atoms. The van der Waals surface area contributed by atoms with Gasteiger partial charge in [0.25, 0.3) is 0 Å². The van der Waals surface area contributed by atoms with E-state index in [1.54, 1.807) is 7.11 Å². The number of ether oxygens (including phenoxy) is 3. The maximum absolute atomic E-state index is 14.8. The highest BCUT2D eigenvalue weighted by Crippen LogP contribution is 2.95. The zero-order chi connectivity index (χ0) is 48.4. The van der Waals surface area contributed by atoms with E-state index < -0.39 is 104 Å². The third kappa shape index (κ3) is 5.04. The maximum Gasteiger partial charge on any atom is 0.335 e. The first-order valence-electron chi connectivity index (χ1n) is 25.9. The van der Waals surface area contributed by atoms with Gasteiger partial charge in [0.15, 0.2) is 12.4 Å². The quantitative estimate of drug-likeness (QED) is 0.0555. The van der Waals surface area contributed by atoms with Gasteiger partial charge in [-0.2, -0.15) is 0 Å².